The van der Waals surface area contributed by atoms with Crippen molar-refractivity contribution in [1.29, 1.82) is 0 Å². The molecule has 3 heteroatoms. The summed E-state index contributed by atoms with van der Waals surface area (Å²) in [5.41, 5.74) is 0.804. The van der Waals surface area contributed by atoms with Crippen LogP contribution in [0.4, 0.5) is 0 Å². The zero-order valence-corrected chi connectivity index (χ0v) is 14.0. The van der Waals surface area contributed by atoms with E-state index >= 15 is 0 Å². The van der Waals surface area contributed by atoms with Gasteiger partial charge in [-0.05, 0) is 43.4 Å². The number of aliphatic hydroxyl groups excluding tert-OH is 1. The van der Waals surface area contributed by atoms with Gasteiger partial charge in [0.05, 0.1) is 11.7 Å². The Morgan fingerprint density at radius 2 is 2.30 bits per heavy atom. The molecule has 0 saturated heterocycles. The molecule has 1 aliphatic rings. The number of hydrogen-bond donors (Lipinski definition) is 1. The Balaban J connectivity index is 2.12. The third-order valence-corrected chi connectivity index (χ3v) is 4.84. The summed E-state index contributed by atoms with van der Waals surface area (Å²) >= 11 is 3.49. The van der Waals surface area contributed by atoms with Crippen molar-refractivity contribution in [3.8, 4) is 0 Å². The second kappa shape index (κ2) is 7.06. The van der Waals surface area contributed by atoms with Crippen molar-refractivity contribution in [3.05, 3.63) is 34.3 Å². The maximum absolute atomic E-state index is 10.8. The van der Waals surface area contributed by atoms with Gasteiger partial charge in [0.2, 0.25) is 0 Å². The average molecular weight is 341 g/mol. The fourth-order valence-corrected chi connectivity index (χ4v) is 3.88. The fraction of sp³-hybridized carbons (Fsp3) is 0.647. The molecule has 1 aliphatic carbocycles. The molecule has 3 unspecified atom stereocenters. The van der Waals surface area contributed by atoms with Crippen molar-refractivity contribution in [2.45, 2.75) is 57.7 Å². The van der Waals surface area contributed by atoms with Gasteiger partial charge in [-0.1, -0.05) is 47.8 Å². The lowest BCUT2D eigenvalue weighted by atomic mass is 9.74. The largest absolute Gasteiger partial charge is 0.390 e. The number of hydrogen-bond acceptors (Lipinski definition) is 2. The maximum Gasteiger partial charge on any atom is 0.0945 e. The van der Waals surface area contributed by atoms with E-state index in [9.17, 15) is 5.11 Å². The van der Waals surface area contributed by atoms with Crippen molar-refractivity contribution in [2.75, 3.05) is 6.61 Å². The molecule has 0 spiro atoms. The summed E-state index contributed by atoms with van der Waals surface area (Å²) in [6.07, 6.45) is 4.57. The van der Waals surface area contributed by atoms with Gasteiger partial charge in [-0.3, -0.25) is 0 Å². The van der Waals surface area contributed by atoms with E-state index in [-0.39, 0.29) is 5.60 Å². The van der Waals surface area contributed by atoms with Gasteiger partial charge in [0.1, 0.15) is 0 Å². The van der Waals surface area contributed by atoms with E-state index in [1.54, 1.807) is 0 Å². The van der Waals surface area contributed by atoms with E-state index in [1.807, 2.05) is 19.1 Å². The Morgan fingerprint density at radius 1 is 1.50 bits per heavy atom. The third-order valence-electron chi connectivity index (χ3n) is 4.35. The van der Waals surface area contributed by atoms with Gasteiger partial charge in [0.15, 0.2) is 0 Å². The standard InChI is InChI=1S/C17H25BrO2/c1-3-20-17(9-5-6-13(2)12-17)16(19)11-14-7-4-8-15(18)10-14/h4,7-8,10,13,16,19H,3,5-6,9,11-12H2,1-2H3. The Hall–Kier alpha value is -0.380. The second-order valence-corrected chi connectivity index (χ2v) is 6.96. The third kappa shape index (κ3) is 3.84. The van der Waals surface area contributed by atoms with Crippen molar-refractivity contribution in [2.24, 2.45) is 5.92 Å². The van der Waals surface area contributed by atoms with E-state index in [2.05, 4.69) is 35.0 Å². The monoisotopic (exact) mass is 340 g/mol. The molecule has 0 amide bonds. The van der Waals surface area contributed by atoms with E-state index in [0.717, 1.165) is 29.3 Å². The Morgan fingerprint density at radius 3 is 2.95 bits per heavy atom. The van der Waals surface area contributed by atoms with Gasteiger partial charge in [-0.15, -0.1) is 0 Å². The van der Waals surface area contributed by atoms with E-state index in [0.29, 0.717) is 18.9 Å². The lowest BCUT2D eigenvalue weighted by molar-refractivity contribution is -0.147. The van der Waals surface area contributed by atoms with Gasteiger partial charge in [0.25, 0.3) is 0 Å². The number of aliphatic hydroxyl groups is 1. The SMILES string of the molecule is CCOC1(C(O)Cc2cccc(Br)c2)CCCC(C)C1. The molecule has 1 aromatic rings. The molecule has 0 radical (unpaired) electrons. The minimum Gasteiger partial charge on any atom is -0.390 e. The minimum atomic E-state index is -0.431. The molecule has 1 N–H and O–H groups in total. The van der Waals surface area contributed by atoms with Crippen LogP contribution in [0.3, 0.4) is 0 Å². The average Bonchev–Trinajstić information content (AvgIpc) is 2.39. The fourth-order valence-electron chi connectivity index (χ4n) is 3.43. The Bertz CT molecular complexity index is 431. The molecule has 3 atom stereocenters. The molecule has 0 aromatic heterocycles. The van der Waals surface area contributed by atoms with E-state index in [4.69, 9.17) is 4.74 Å². The Labute approximate surface area is 130 Å². The van der Waals surface area contributed by atoms with Crippen LogP contribution in [0.15, 0.2) is 28.7 Å². The van der Waals surface area contributed by atoms with Gasteiger partial charge < -0.3 is 9.84 Å². The van der Waals surface area contributed by atoms with E-state index < -0.39 is 6.10 Å². The van der Waals surface area contributed by atoms with Crippen molar-refractivity contribution in [1.82, 2.24) is 0 Å². The van der Waals surface area contributed by atoms with Crippen molar-refractivity contribution >= 4 is 15.9 Å². The van der Waals surface area contributed by atoms with Crippen LogP contribution in [-0.2, 0) is 11.2 Å². The maximum atomic E-state index is 10.8. The molecule has 20 heavy (non-hydrogen) atoms. The van der Waals surface area contributed by atoms with Crippen molar-refractivity contribution < 1.29 is 9.84 Å². The van der Waals surface area contributed by atoms with Crippen LogP contribution in [0.5, 0.6) is 0 Å². The first kappa shape index (κ1) is 16.0. The molecule has 2 rings (SSSR count). The zero-order chi connectivity index (χ0) is 14.6. The normalized spacial score (nSPS) is 28.3. The number of ether oxygens (including phenoxy) is 1. The highest BCUT2D eigenvalue weighted by Crippen LogP contribution is 2.38. The van der Waals surface area contributed by atoms with Crippen LogP contribution in [0.2, 0.25) is 0 Å². The van der Waals surface area contributed by atoms with Crippen LogP contribution >= 0.6 is 15.9 Å². The molecule has 1 aromatic carbocycles. The van der Waals surface area contributed by atoms with Crippen molar-refractivity contribution in [3.63, 3.8) is 0 Å². The predicted molar refractivity (Wildman–Crippen MR) is 85.8 cm³/mol. The highest BCUT2D eigenvalue weighted by molar-refractivity contribution is 9.10. The Kier molecular flexibility index (Phi) is 5.65. The molecule has 1 saturated carbocycles. The van der Waals surface area contributed by atoms with Gasteiger partial charge in [-0.2, -0.15) is 0 Å². The molecule has 112 valence electrons. The summed E-state index contributed by atoms with van der Waals surface area (Å²) in [7, 11) is 0. The van der Waals surface area contributed by atoms with Gasteiger partial charge in [-0.25, -0.2) is 0 Å². The lowest BCUT2D eigenvalue weighted by Crippen LogP contribution is -2.49. The molecule has 0 heterocycles. The molecule has 1 fully saturated rings. The highest BCUT2D eigenvalue weighted by Gasteiger charge is 2.41. The molecular weight excluding hydrogens is 316 g/mol. The van der Waals surface area contributed by atoms with Crippen LogP contribution in [-0.4, -0.2) is 23.4 Å². The number of rotatable bonds is 5. The van der Waals surface area contributed by atoms with Crippen LogP contribution in [0.1, 0.15) is 45.1 Å². The topological polar surface area (TPSA) is 29.5 Å². The summed E-state index contributed by atoms with van der Waals surface area (Å²) < 4.78 is 7.10. The summed E-state index contributed by atoms with van der Waals surface area (Å²) in [4.78, 5) is 0. The number of benzene rings is 1. The number of halogens is 1. The summed E-state index contributed by atoms with van der Waals surface area (Å²) in [6.45, 7) is 4.95. The first-order valence-electron chi connectivity index (χ1n) is 7.62. The summed E-state index contributed by atoms with van der Waals surface area (Å²) in [6, 6.07) is 8.18. The first-order valence-corrected chi connectivity index (χ1v) is 8.41. The van der Waals surface area contributed by atoms with Crippen LogP contribution in [0.25, 0.3) is 0 Å². The highest BCUT2D eigenvalue weighted by atomic mass is 79.9. The first-order chi connectivity index (χ1) is 9.55. The van der Waals surface area contributed by atoms with Gasteiger partial charge in [0, 0.05) is 17.5 Å². The summed E-state index contributed by atoms with van der Waals surface area (Å²) in [5.74, 6) is 0.632. The molecule has 2 nitrogen and oxygen atoms in total. The lowest BCUT2D eigenvalue weighted by Gasteiger charge is -2.43. The zero-order valence-electron chi connectivity index (χ0n) is 12.4. The van der Waals surface area contributed by atoms with Gasteiger partial charge >= 0.3 is 0 Å². The minimum absolute atomic E-state index is 0.352. The smallest absolute Gasteiger partial charge is 0.0945 e. The second-order valence-electron chi connectivity index (χ2n) is 6.05. The summed E-state index contributed by atoms with van der Waals surface area (Å²) in [5, 5.41) is 10.8. The molecular formula is C17H25BrO2. The van der Waals surface area contributed by atoms with Crippen LogP contribution in [0, 0.1) is 5.92 Å². The quantitative estimate of drug-likeness (QED) is 0.863. The van der Waals surface area contributed by atoms with Crippen LogP contribution < -0.4 is 0 Å². The van der Waals surface area contributed by atoms with E-state index in [1.165, 1.54) is 6.42 Å². The molecule has 0 aliphatic heterocycles. The predicted octanol–water partition coefficient (Wildman–Crippen LogP) is 4.34. The molecule has 0 bridgehead atoms.